The molecule has 1 aliphatic rings. The molecule has 0 bridgehead atoms. The molecule has 1 amide bonds. The summed E-state index contributed by atoms with van der Waals surface area (Å²) >= 11 is 0. The molecule has 1 fully saturated rings. The van der Waals surface area contributed by atoms with Crippen LogP contribution in [0.15, 0.2) is 21.5 Å². The quantitative estimate of drug-likeness (QED) is 0.859. The van der Waals surface area contributed by atoms with Crippen LogP contribution in [0, 0.1) is 13.8 Å². The highest BCUT2D eigenvalue weighted by Gasteiger charge is 2.35. The molecule has 0 aromatic carbocycles. The fraction of sp³-hybridized carbons (Fsp3) is 0.526. The Morgan fingerprint density at radius 3 is 2.64 bits per heavy atom. The maximum absolute atomic E-state index is 13.1. The average Bonchev–Trinajstić information content (AvgIpc) is 3.15. The number of nitrogens with zero attached hydrogens (tertiary/aromatic N) is 3. The Morgan fingerprint density at radius 1 is 1.32 bits per heavy atom. The maximum atomic E-state index is 13.1. The first-order valence-corrected chi connectivity index (χ1v) is 8.76. The van der Waals surface area contributed by atoms with Crippen molar-refractivity contribution >= 4 is 5.91 Å². The van der Waals surface area contributed by atoms with E-state index in [-0.39, 0.29) is 29.0 Å². The van der Waals surface area contributed by atoms with Crippen LogP contribution in [0.4, 0.5) is 0 Å². The molecule has 25 heavy (non-hydrogen) atoms. The van der Waals surface area contributed by atoms with Gasteiger partial charge in [0.15, 0.2) is 0 Å². The standard InChI is InChI=1S/C19H25N3O3/c1-11(2)15-9-8-14(18(23)21(15)5)19(24)22-10-6-7-16(22)17-12(3)20-25-13(17)4/h8-9,11,16H,6-7,10H2,1-5H3/t16-/m1/s1. The fourth-order valence-electron chi connectivity index (χ4n) is 3.82. The van der Waals surface area contributed by atoms with Gasteiger partial charge in [0, 0.05) is 24.8 Å². The van der Waals surface area contributed by atoms with Gasteiger partial charge >= 0.3 is 0 Å². The van der Waals surface area contributed by atoms with Gasteiger partial charge < -0.3 is 14.0 Å². The van der Waals surface area contributed by atoms with Gasteiger partial charge in [0.05, 0.1) is 11.7 Å². The first-order valence-electron chi connectivity index (χ1n) is 8.76. The van der Waals surface area contributed by atoms with Gasteiger partial charge in [-0.3, -0.25) is 9.59 Å². The number of rotatable bonds is 3. The predicted molar refractivity (Wildman–Crippen MR) is 94.8 cm³/mol. The Balaban J connectivity index is 1.98. The lowest BCUT2D eigenvalue weighted by molar-refractivity contribution is 0.0732. The van der Waals surface area contributed by atoms with Crippen molar-refractivity contribution in [1.82, 2.24) is 14.6 Å². The molecule has 0 saturated carbocycles. The van der Waals surface area contributed by atoms with Crippen molar-refractivity contribution in [2.75, 3.05) is 6.54 Å². The molecule has 6 nitrogen and oxygen atoms in total. The van der Waals surface area contributed by atoms with Crippen molar-refractivity contribution in [3.05, 3.63) is 50.8 Å². The van der Waals surface area contributed by atoms with Crippen LogP contribution in [0.5, 0.6) is 0 Å². The molecular formula is C19H25N3O3. The highest BCUT2D eigenvalue weighted by Crippen LogP contribution is 2.36. The second kappa shape index (κ2) is 6.50. The second-order valence-corrected chi connectivity index (χ2v) is 7.09. The molecule has 134 valence electrons. The third kappa shape index (κ3) is 2.90. The van der Waals surface area contributed by atoms with E-state index in [9.17, 15) is 9.59 Å². The minimum Gasteiger partial charge on any atom is -0.361 e. The van der Waals surface area contributed by atoms with Crippen LogP contribution in [0.2, 0.25) is 0 Å². The maximum Gasteiger partial charge on any atom is 0.263 e. The fourth-order valence-corrected chi connectivity index (χ4v) is 3.82. The highest BCUT2D eigenvalue weighted by molar-refractivity contribution is 5.94. The summed E-state index contributed by atoms with van der Waals surface area (Å²) in [6.07, 6.45) is 1.77. The number of carbonyl (C=O) groups excluding carboxylic acids is 1. The Morgan fingerprint density at radius 2 is 2.04 bits per heavy atom. The van der Waals surface area contributed by atoms with Gasteiger partial charge in [0.25, 0.3) is 11.5 Å². The number of hydrogen-bond donors (Lipinski definition) is 0. The first kappa shape index (κ1) is 17.5. The summed E-state index contributed by atoms with van der Waals surface area (Å²) in [5, 5.41) is 4.01. The molecule has 0 unspecified atom stereocenters. The van der Waals surface area contributed by atoms with Crippen LogP contribution < -0.4 is 5.56 Å². The molecule has 0 radical (unpaired) electrons. The van der Waals surface area contributed by atoms with Crippen molar-refractivity contribution in [2.45, 2.75) is 52.5 Å². The summed E-state index contributed by atoms with van der Waals surface area (Å²) in [6.45, 7) is 8.47. The van der Waals surface area contributed by atoms with Crippen molar-refractivity contribution in [2.24, 2.45) is 7.05 Å². The van der Waals surface area contributed by atoms with Crippen LogP contribution in [-0.4, -0.2) is 27.1 Å². The molecule has 3 heterocycles. The van der Waals surface area contributed by atoms with Gasteiger partial charge in [-0.2, -0.15) is 0 Å². The summed E-state index contributed by atoms with van der Waals surface area (Å²) in [5.74, 6) is 0.757. The Labute approximate surface area is 147 Å². The largest absolute Gasteiger partial charge is 0.361 e. The summed E-state index contributed by atoms with van der Waals surface area (Å²) < 4.78 is 6.85. The lowest BCUT2D eigenvalue weighted by Gasteiger charge is -2.25. The molecule has 1 aliphatic heterocycles. The number of hydrogen-bond acceptors (Lipinski definition) is 4. The number of likely N-dealkylation sites (tertiary alicyclic amines) is 1. The van der Waals surface area contributed by atoms with Gasteiger partial charge in [0.2, 0.25) is 0 Å². The zero-order valence-corrected chi connectivity index (χ0v) is 15.5. The number of pyridine rings is 1. The second-order valence-electron chi connectivity index (χ2n) is 7.09. The SMILES string of the molecule is Cc1noc(C)c1[C@H]1CCCN1C(=O)c1ccc(C(C)C)n(C)c1=O. The summed E-state index contributed by atoms with van der Waals surface area (Å²) in [4.78, 5) is 27.6. The molecule has 6 heteroatoms. The summed E-state index contributed by atoms with van der Waals surface area (Å²) in [5.41, 5.74) is 2.70. The average molecular weight is 343 g/mol. The number of aromatic nitrogens is 2. The lowest BCUT2D eigenvalue weighted by Crippen LogP contribution is -2.36. The zero-order valence-electron chi connectivity index (χ0n) is 15.5. The van der Waals surface area contributed by atoms with Gasteiger partial charge in [0.1, 0.15) is 11.3 Å². The van der Waals surface area contributed by atoms with Gasteiger partial charge in [-0.15, -0.1) is 0 Å². The molecule has 2 aromatic heterocycles. The van der Waals surface area contributed by atoms with Crippen molar-refractivity contribution in [3.63, 3.8) is 0 Å². The van der Waals surface area contributed by atoms with Crippen molar-refractivity contribution in [3.8, 4) is 0 Å². The highest BCUT2D eigenvalue weighted by atomic mass is 16.5. The summed E-state index contributed by atoms with van der Waals surface area (Å²) in [7, 11) is 1.73. The molecule has 3 rings (SSSR count). The molecule has 0 spiro atoms. The normalized spacial score (nSPS) is 17.5. The number of amides is 1. The van der Waals surface area contributed by atoms with E-state index in [4.69, 9.17) is 4.52 Å². The van der Waals surface area contributed by atoms with E-state index in [0.717, 1.165) is 35.6 Å². The monoisotopic (exact) mass is 343 g/mol. The van der Waals surface area contributed by atoms with Gasteiger partial charge in [-0.25, -0.2) is 0 Å². The van der Waals surface area contributed by atoms with E-state index in [1.807, 2.05) is 33.8 Å². The number of aryl methyl sites for hydroxylation is 2. The van der Waals surface area contributed by atoms with Crippen LogP contribution in [0.1, 0.15) is 71.7 Å². The van der Waals surface area contributed by atoms with Gasteiger partial charge in [-0.05, 0) is 44.7 Å². The van der Waals surface area contributed by atoms with E-state index in [1.165, 1.54) is 0 Å². The predicted octanol–water partition coefficient (Wildman–Crippen LogP) is 3.09. The zero-order chi connectivity index (χ0) is 18.3. The van der Waals surface area contributed by atoms with Crippen LogP contribution in [0.25, 0.3) is 0 Å². The van der Waals surface area contributed by atoms with Crippen molar-refractivity contribution in [1.29, 1.82) is 0 Å². The van der Waals surface area contributed by atoms with E-state index in [1.54, 1.807) is 22.6 Å². The Hall–Kier alpha value is -2.37. The van der Waals surface area contributed by atoms with Crippen LogP contribution >= 0.6 is 0 Å². The van der Waals surface area contributed by atoms with Gasteiger partial charge in [-0.1, -0.05) is 19.0 Å². The molecule has 2 aromatic rings. The lowest BCUT2D eigenvalue weighted by atomic mass is 10.0. The minimum atomic E-state index is -0.236. The summed E-state index contributed by atoms with van der Waals surface area (Å²) in [6, 6.07) is 3.47. The van der Waals surface area contributed by atoms with Crippen LogP contribution in [-0.2, 0) is 7.05 Å². The first-order chi connectivity index (χ1) is 11.8. The van der Waals surface area contributed by atoms with Crippen molar-refractivity contribution < 1.29 is 9.32 Å². The van der Waals surface area contributed by atoms with Crippen LogP contribution in [0.3, 0.4) is 0 Å². The Kier molecular flexibility index (Phi) is 4.54. The minimum absolute atomic E-state index is 0.0757. The topological polar surface area (TPSA) is 68.3 Å². The number of carbonyl (C=O) groups is 1. The molecular weight excluding hydrogens is 318 g/mol. The van der Waals surface area contributed by atoms with E-state index < -0.39 is 0 Å². The molecule has 1 atom stereocenters. The Bertz CT molecular complexity index is 844. The van der Waals surface area contributed by atoms with E-state index in [2.05, 4.69) is 5.16 Å². The third-order valence-electron chi connectivity index (χ3n) is 5.10. The third-order valence-corrected chi connectivity index (χ3v) is 5.10. The molecule has 0 N–H and O–H groups in total. The molecule has 0 aliphatic carbocycles. The van der Waals surface area contributed by atoms with E-state index in [0.29, 0.717) is 6.54 Å². The van der Waals surface area contributed by atoms with E-state index >= 15 is 0 Å². The molecule has 1 saturated heterocycles. The smallest absolute Gasteiger partial charge is 0.263 e.